The van der Waals surface area contributed by atoms with Gasteiger partial charge in [-0.3, -0.25) is 4.79 Å². The summed E-state index contributed by atoms with van der Waals surface area (Å²) in [5.74, 6) is -0.648. The van der Waals surface area contributed by atoms with Gasteiger partial charge in [-0.25, -0.2) is 8.78 Å². The van der Waals surface area contributed by atoms with Crippen LogP contribution in [0.5, 0.6) is 0 Å². The number of alkyl halides is 2. The number of hydrogen-bond donors (Lipinski definition) is 1. The van der Waals surface area contributed by atoms with Crippen LogP contribution >= 0.6 is 0 Å². The quantitative estimate of drug-likeness (QED) is 0.621. The molecule has 0 aromatic carbocycles. The molecule has 2 N–H and O–H groups in total. The van der Waals surface area contributed by atoms with Crippen LogP contribution in [0.25, 0.3) is 0 Å². The van der Waals surface area contributed by atoms with E-state index in [9.17, 15) is 13.6 Å². The smallest absolute Gasteiger partial charge is 0.322 e. The van der Waals surface area contributed by atoms with Crippen LogP contribution in [0, 0.1) is 0 Å². The summed E-state index contributed by atoms with van der Waals surface area (Å²) in [6.07, 6.45) is -2.81. The maximum absolute atomic E-state index is 11.6. The van der Waals surface area contributed by atoms with Gasteiger partial charge < -0.3 is 10.5 Å². The zero-order valence-electron chi connectivity index (χ0n) is 6.22. The predicted octanol–water partition coefficient (Wildman–Crippen LogP) is 0.532. The first-order valence-electron chi connectivity index (χ1n) is 3.19. The van der Waals surface area contributed by atoms with E-state index in [0.29, 0.717) is 0 Å². The van der Waals surface area contributed by atoms with Gasteiger partial charge in [0.05, 0.1) is 7.11 Å². The Morgan fingerprint density at radius 1 is 1.55 bits per heavy atom. The molecule has 3 nitrogen and oxygen atoms in total. The SMILES string of the molecule is COC(=O)[C@H](N)CCC(F)F. The van der Waals surface area contributed by atoms with Crippen LogP contribution in [0.1, 0.15) is 12.8 Å². The van der Waals surface area contributed by atoms with Crippen LogP contribution in [-0.4, -0.2) is 25.5 Å². The van der Waals surface area contributed by atoms with Gasteiger partial charge in [0, 0.05) is 6.42 Å². The van der Waals surface area contributed by atoms with Gasteiger partial charge in [-0.1, -0.05) is 0 Å². The molecule has 0 aliphatic heterocycles. The van der Waals surface area contributed by atoms with Gasteiger partial charge >= 0.3 is 5.97 Å². The Bertz CT molecular complexity index is 130. The zero-order chi connectivity index (χ0) is 8.85. The zero-order valence-corrected chi connectivity index (χ0v) is 6.22. The third kappa shape index (κ3) is 4.66. The number of rotatable bonds is 4. The third-order valence-electron chi connectivity index (χ3n) is 1.20. The summed E-state index contributed by atoms with van der Waals surface area (Å²) in [6, 6.07) is -0.922. The Morgan fingerprint density at radius 2 is 2.09 bits per heavy atom. The van der Waals surface area contributed by atoms with Crippen molar-refractivity contribution in [2.24, 2.45) is 5.73 Å². The fraction of sp³-hybridized carbons (Fsp3) is 0.833. The van der Waals surface area contributed by atoms with Gasteiger partial charge in [-0.15, -0.1) is 0 Å². The number of halogens is 2. The summed E-state index contributed by atoms with van der Waals surface area (Å²) in [4.78, 5) is 10.5. The minimum absolute atomic E-state index is 0.0374. The summed E-state index contributed by atoms with van der Waals surface area (Å²) in [6.45, 7) is 0. The molecule has 0 unspecified atom stereocenters. The van der Waals surface area contributed by atoms with Crippen LogP contribution in [-0.2, 0) is 9.53 Å². The Kier molecular flexibility index (Phi) is 4.69. The van der Waals surface area contributed by atoms with E-state index in [1.165, 1.54) is 7.11 Å². The van der Waals surface area contributed by atoms with E-state index in [0.717, 1.165) is 0 Å². The van der Waals surface area contributed by atoms with Crippen LogP contribution in [0.2, 0.25) is 0 Å². The summed E-state index contributed by atoms with van der Waals surface area (Å²) >= 11 is 0. The standard InChI is InChI=1S/C6H11F2NO2/c1-11-6(10)4(9)2-3-5(7)8/h4-5H,2-3,9H2,1H3/t4-/m1/s1. The molecule has 1 atom stereocenters. The van der Waals surface area contributed by atoms with E-state index >= 15 is 0 Å². The van der Waals surface area contributed by atoms with Crippen molar-refractivity contribution in [1.29, 1.82) is 0 Å². The van der Waals surface area contributed by atoms with Gasteiger partial charge in [0.2, 0.25) is 6.43 Å². The molecular formula is C6H11F2NO2. The molecule has 0 saturated heterocycles. The second-order valence-corrected chi connectivity index (χ2v) is 2.10. The minimum Gasteiger partial charge on any atom is -0.468 e. The van der Waals surface area contributed by atoms with Crippen molar-refractivity contribution < 1.29 is 18.3 Å². The van der Waals surface area contributed by atoms with Crippen molar-refractivity contribution in [3.63, 3.8) is 0 Å². The maximum atomic E-state index is 11.6. The maximum Gasteiger partial charge on any atom is 0.322 e. The predicted molar refractivity (Wildman–Crippen MR) is 35.2 cm³/mol. The average molecular weight is 167 g/mol. The van der Waals surface area contributed by atoms with E-state index < -0.39 is 18.4 Å². The van der Waals surface area contributed by atoms with E-state index in [-0.39, 0.29) is 12.8 Å². The molecule has 5 heteroatoms. The summed E-state index contributed by atoms with van der Waals surface area (Å²) in [5, 5.41) is 0. The molecule has 0 aromatic heterocycles. The van der Waals surface area contributed by atoms with Crippen molar-refractivity contribution in [3.8, 4) is 0 Å². The topological polar surface area (TPSA) is 52.3 Å². The van der Waals surface area contributed by atoms with Gasteiger partial charge in [-0.05, 0) is 6.42 Å². The molecule has 0 heterocycles. The van der Waals surface area contributed by atoms with Crippen LogP contribution < -0.4 is 5.73 Å². The van der Waals surface area contributed by atoms with Gasteiger partial charge in [0.25, 0.3) is 0 Å². The fourth-order valence-electron chi connectivity index (χ4n) is 0.575. The van der Waals surface area contributed by atoms with Gasteiger partial charge in [-0.2, -0.15) is 0 Å². The first kappa shape index (κ1) is 10.3. The van der Waals surface area contributed by atoms with E-state index in [2.05, 4.69) is 4.74 Å². The van der Waals surface area contributed by atoms with E-state index in [1.54, 1.807) is 0 Å². The lowest BCUT2D eigenvalue weighted by Gasteiger charge is -2.07. The molecule has 0 fully saturated rings. The van der Waals surface area contributed by atoms with E-state index in [4.69, 9.17) is 5.73 Å². The monoisotopic (exact) mass is 167 g/mol. The Hall–Kier alpha value is -0.710. The number of nitrogens with two attached hydrogens (primary N) is 1. The molecule has 0 aliphatic rings. The summed E-state index contributed by atoms with van der Waals surface area (Å²) in [5.41, 5.74) is 5.17. The molecule has 11 heavy (non-hydrogen) atoms. The first-order valence-corrected chi connectivity index (χ1v) is 3.19. The van der Waals surface area contributed by atoms with Crippen molar-refractivity contribution in [2.45, 2.75) is 25.3 Å². The summed E-state index contributed by atoms with van der Waals surface area (Å²) < 4.78 is 27.3. The lowest BCUT2D eigenvalue weighted by molar-refractivity contribution is -0.142. The highest BCUT2D eigenvalue weighted by molar-refractivity contribution is 5.75. The van der Waals surface area contributed by atoms with Crippen LogP contribution in [0.15, 0.2) is 0 Å². The highest BCUT2D eigenvalue weighted by Gasteiger charge is 2.15. The molecule has 0 aliphatic carbocycles. The highest BCUT2D eigenvalue weighted by Crippen LogP contribution is 2.05. The minimum atomic E-state index is -2.41. The molecule has 0 radical (unpaired) electrons. The Morgan fingerprint density at radius 3 is 2.45 bits per heavy atom. The second kappa shape index (κ2) is 5.01. The largest absolute Gasteiger partial charge is 0.468 e. The molecule has 0 rings (SSSR count). The Labute approximate surface area is 63.5 Å². The number of hydrogen-bond acceptors (Lipinski definition) is 3. The van der Waals surface area contributed by atoms with E-state index in [1.807, 2.05) is 0 Å². The normalized spacial score (nSPS) is 13.2. The van der Waals surface area contributed by atoms with Crippen molar-refractivity contribution in [1.82, 2.24) is 0 Å². The molecule has 0 aromatic rings. The lowest BCUT2D eigenvalue weighted by atomic mass is 10.2. The molecule has 0 amide bonds. The molecule has 0 saturated carbocycles. The molecule has 0 bridgehead atoms. The number of esters is 1. The lowest BCUT2D eigenvalue weighted by Crippen LogP contribution is -2.31. The number of carbonyl (C=O) groups is 1. The van der Waals surface area contributed by atoms with Crippen LogP contribution in [0.4, 0.5) is 8.78 Å². The number of carbonyl (C=O) groups excluding carboxylic acids is 1. The Balaban J connectivity index is 3.52. The average Bonchev–Trinajstić information content (AvgIpc) is 1.98. The van der Waals surface area contributed by atoms with Crippen molar-refractivity contribution in [2.75, 3.05) is 7.11 Å². The second-order valence-electron chi connectivity index (χ2n) is 2.10. The number of ether oxygens (including phenoxy) is 1. The fourth-order valence-corrected chi connectivity index (χ4v) is 0.575. The molecular weight excluding hydrogens is 156 g/mol. The third-order valence-corrected chi connectivity index (χ3v) is 1.20. The molecule has 66 valence electrons. The summed E-state index contributed by atoms with van der Waals surface area (Å²) in [7, 11) is 1.17. The van der Waals surface area contributed by atoms with Crippen molar-refractivity contribution in [3.05, 3.63) is 0 Å². The van der Waals surface area contributed by atoms with Gasteiger partial charge in [0.15, 0.2) is 0 Å². The first-order chi connectivity index (χ1) is 5.07. The highest BCUT2D eigenvalue weighted by atomic mass is 19.3. The van der Waals surface area contributed by atoms with Crippen molar-refractivity contribution >= 4 is 5.97 Å². The van der Waals surface area contributed by atoms with Gasteiger partial charge in [0.1, 0.15) is 6.04 Å². The number of methoxy groups -OCH3 is 1. The molecule has 0 spiro atoms. The van der Waals surface area contributed by atoms with Crippen LogP contribution in [0.3, 0.4) is 0 Å².